The molecule has 0 fully saturated rings. The van der Waals surface area contributed by atoms with Crippen molar-refractivity contribution >= 4 is 34.1 Å². The van der Waals surface area contributed by atoms with Gasteiger partial charge in [-0.2, -0.15) is 5.10 Å². The number of hydrazone groups is 1. The van der Waals surface area contributed by atoms with Gasteiger partial charge < -0.3 is 14.5 Å². The number of rotatable bonds is 5. The van der Waals surface area contributed by atoms with Gasteiger partial charge in [-0.1, -0.05) is 6.07 Å². The van der Waals surface area contributed by atoms with Crippen LogP contribution >= 0.6 is 0 Å². The Bertz CT molecular complexity index is 1450. The van der Waals surface area contributed by atoms with Crippen molar-refractivity contribution in [3.8, 4) is 5.75 Å². The number of carbonyl (C=O) groups is 2. The smallest absolute Gasteiger partial charge is 0.291 e. The molecule has 2 aromatic heterocycles. The van der Waals surface area contributed by atoms with Gasteiger partial charge in [0, 0.05) is 34.7 Å². The molecule has 8 heteroatoms. The Morgan fingerprint density at radius 1 is 1.03 bits per heavy atom. The van der Waals surface area contributed by atoms with Gasteiger partial charge in [0.05, 0.1) is 24.0 Å². The molecule has 0 bridgehead atoms. The number of ether oxygens (including phenoxy) is 1. The number of fused-ring (bicyclic) bond motifs is 2. The molecule has 5 rings (SSSR count). The zero-order chi connectivity index (χ0) is 24.4. The third-order valence-corrected chi connectivity index (χ3v) is 6.07. The number of benzene rings is 2. The summed E-state index contributed by atoms with van der Waals surface area (Å²) >= 11 is 0. The zero-order valence-corrected chi connectivity index (χ0v) is 19.4. The fourth-order valence-corrected chi connectivity index (χ4v) is 4.31. The lowest BCUT2D eigenvalue weighted by atomic mass is 9.93. The summed E-state index contributed by atoms with van der Waals surface area (Å²) in [7, 11) is 1.57. The molecule has 1 aliphatic carbocycles. The maximum atomic E-state index is 13.2. The number of carbonyl (C=O) groups excluding carboxylic acids is 2. The SMILES string of the molecule is COc1ccc(C(=O)N/N=C2\CCCc3oc(C(=O)Nc4cccc5ncccc45)c(C)c32)cc1. The lowest BCUT2D eigenvalue weighted by molar-refractivity contribution is 0.0953. The van der Waals surface area contributed by atoms with Crippen LogP contribution in [0.5, 0.6) is 5.75 Å². The Balaban J connectivity index is 1.38. The van der Waals surface area contributed by atoms with Gasteiger partial charge >= 0.3 is 0 Å². The van der Waals surface area contributed by atoms with Crippen molar-refractivity contribution in [2.24, 2.45) is 5.10 Å². The van der Waals surface area contributed by atoms with E-state index in [0.29, 0.717) is 46.9 Å². The number of aromatic nitrogens is 1. The van der Waals surface area contributed by atoms with E-state index in [1.54, 1.807) is 37.6 Å². The minimum absolute atomic E-state index is 0.243. The van der Waals surface area contributed by atoms with Crippen molar-refractivity contribution in [2.75, 3.05) is 12.4 Å². The number of hydrogen-bond acceptors (Lipinski definition) is 6. The Kier molecular flexibility index (Phi) is 6.01. The van der Waals surface area contributed by atoms with Crippen LogP contribution in [0.15, 0.2) is 70.3 Å². The van der Waals surface area contributed by atoms with Crippen LogP contribution in [0.1, 0.15) is 50.6 Å². The van der Waals surface area contributed by atoms with Gasteiger partial charge in [0.25, 0.3) is 11.8 Å². The first-order chi connectivity index (χ1) is 17.0. The van der Waals surface area contributed by atoms with Gasteiger partial charge in [0.15, 0.2) is 5.76 Å². The average Bonchev–Trinajstić information content (AvgIpc) is 3.24. The number of furan rings is 1. The van der Waals surface area contributed by atoms with Crippen LogP contribution in [-0.4, -0.2) is 29.6 Å². The van der Waals surface area contributed by atoms with Crippen molar-refractivity contribution in [2.45, 2.75) is 26.2 Å². The molecule has 2 amide bonds. The van der Waals surface area contributed by atoms with Crippen LogP contribution in [0, 0.1) is 6.92 Å². The molecule has 0 spiro atoms. The monoisotopic (exact) mass is 468 g/mol. The first-order valence-electron chi connectivity index (χ1n) is 11.3. The first kappa shape index (κ1) is 22.3. The summed E-state index contributed by atoms with van der Waals surface area (Å²) in [5.74, 6) is 0.957. The number of anilines is 1. The number of nitrogens with zero attached hydrogens (tertiary/aromatic N) is 2. The van der Waals surface area contributed by atoms with Crippen LogP contribution in [0.2, 0.25) is 0 Å². The fraction of sp³-hybridized carbons (Fsp3) is 0.185. The van der Waals surface area contributed by atoms with Crippen molar-refractivity contribution in [1.29, 1.82) is 0 Å². The molecule has 0 saturated carbocycles. The van der Waals surface area contributed by atoms with Crippen LogP contribution in [-0.2, 0) is 6.42 Å². The number of nitrogens with one attached hydrogen (secondary N) is 2. The molecule has 2 aromatic carbocycles. The number of amides is 2. The largest absolute Gasteiger partial charge is 0.497 e. The summed E-state index contributed by atoms with van der Waals surface area (Å²) in [6, 6.07) is 16.1. The maximum Gasteiger partial charge on any atom is 0.291 e. The average molecular weight is 469 g/mol. The second kappa shape index (κ2) is 9.42. The molecule has 8 nitrogen and oxygen atoms in total. The van der Waals surface area contributed by atoms with Crippen LogP contribution in [0.4, 0.5) is 5.69 Å². The standard InChI is InChI=1S/C27H24N4O4/c1-16-24-22(30-31-26(32)17-11-13-18(34-2)14-12-17)9-4-10-23(24)35-25(16)27(33)29-21-8-3-7-20-19(21)6-5-15-28-20/h3,5-8,11-15H,4,9-10H2,1-2H3,(H,29,33)(H,31,32)/b30-22+. The van der Waals surface area contributed by atoms with Crippen molar-refractivity contribution in [3.05, 3.63) is 89.0 Å². The second-order valence-electron chi connectivity index (χ2n) is 8.27. The quantitative estimate of drug-likeness (QED) is 0.407. The van der Waals surface area contributed by atoms with Gasteiger partial charge in [0.1, 0.15) is 11.5 Å². The first-order valence-corrected chi connectivity index (χ1v) is 11.3. The summed E-state index contributed by atoms with van der Waals surface area (Å²) in [5.41, 5.74) is 6.75. The molecule has 0 aliphatic heterocycles. The van der Waals surface area contributed by atoms with E-state index in [9.17, 15) is 9.59 Å². The van der Waals surface area contributed by atoms with Crippen LogP contribution < -0.4 is 15.5 Å². The zero-order valence-electron chi connectivity index (χ0n) is 19.4. The van der Waals surface area contributed by atoms with Gasteiger partial charge in [-0.05, 0) is 68.3 Å². The predicted molar refractivity (Wildman–Crippen MR) is 133 cm³/mol. The number of pyridine rings is 1. The fourth-order valence-electron chi connectivity index (χ4n) is 4.31. The maximum absolute atomic E-state index is 13.2. The number of hydrogen-bond donors (Lipinski definition) is 2. The molecule has 1 aliphatic rings. The van der Waals surface area contributed by atoms with E-state index in [0.717, 1.165) is 22.9 Å². The van der Waals surface area contributed by atoms with E-state index in [-0.39, 0.29) is 17.6 Å². The number of methoxy groups -OCH3 is 1. The van der Waals surface area contributed by atoms with E-state index in [1.807, 2.05) is 37.3 Å². The van der Waals surface area contributed by atoms with Gasteiger partial charge in [0.2, 0.25) is 0 Å². The molecule has 176 valence electrons. The molecule has 2 heterocycles. The Labute approximate surface area is 202 Å². The lowest BCUT2D eigenvalue weighted by Crippen LogP contribution is -2.22. The van der Waals surface area contributed by atoms with Crippen molar-refractivity contribution in [1.82, 2.24) is 10.4 Å². The van der Waals surface area contributed by atoms with Crippen molar-refractivity contribution < 1.29 is 18.7 Å². The summed E-state index contributed by atoms with van der Waals surface area (Å²) in [5, 5.41) is 8.19. The highest BCUT2D eigenvalue weighted by atomic mass is 16.5. The van der Waals surface area contributed by atoms with E-state index in [2.05, 4.69) is 20.8 Å². The molecule has 0 unspecified atom stereocenters. The molecular formula is C27H24N4O4. The van der Waals surface area contributed by atoms with Gasteiger partial charge in [-0.25, -0.2) is 5.43 Å². The molecular weight excluding hydrogens is 444 g/mol. The minimum atomic E-state index is -0.338. The van der Waals surface area contributed by atoms with E-state index in [1.165, 1.54) is 0 Å². The molecule has 0 saturated heterocycles. The Morgan fingerprint density at radius 3 is 2.66 bits per heavy atom. The minimum Gasteiger partial charge on any atom is -0.497 e. The third kappa shape index (κ3) is 4.38. The molecule has 4 aromatic rings. The van der Waals surface area contributed by atoms with E-state index < -0.39 is 0 Å². The highest BCUT2D eigenvalue weighted by Gasteiger charge is 2.28. The van der Waals surface area contributed by atoms with Gasteiger partial charge in [-0.15, -0.1) is 0 Å². The normalized spacial score (nSPS) is 13.9. The predicted octanol–water partition coefficient (Wildman–Crippen LogP) is 4.87. The topological polar surface area (TPSA) is 106 Å². The lowest BCUT2D eigenvalue weighted by Gasteiger charge is -2.13. The second-order valence-corrected chi connectivity index (χ2v) is 8.27. The highest BCUT2D eigenvalue weighted by Crippen LogP contribution is 2.31. The van der Waals surface area contributed by atoms with Gasteiger partial charge in [-0.3, -0.25) is 14.6 Å². The van der Waals surface area contributed by atoms with E-state index in [4.69, 9.17) is 9.15 Å². The molecule has 35 heavy (non-hydrogen) atoms. The summed E-state index contributed by atoms with van der Waals surface area (Å²) in [4.78, 5) is 30.1. The van der Waals surface area contributed by atoms with Crippen LogP contribution in [0.3, 0.4) is 0 Å². The van der Waals surface area contributed by atoms with Crippen LogP contribution in [0.25, 0.3) is 10.9 Å². The highest BCUT2D eigenvalue weighted by molar-refractivity contribution is 6.11. The Hall–Kier alpha value is -4.46. The summed E-state index contributed by atoms with van der Waals surface area (Å²) in [6.45, 7) is 1.84. The summed E-state index contributed by atoms with van der Waals surface area (Å²) < 4.78 is 11.1. The molecule has 0 radical (unpaired) electrons. The van der Waals surface area contributed by atoms with E-state index >= 15 is 0 Å². The third-order valence-electron chi connectivity index (χ3n) is 6.07. The molecule has 0 atom stereocenters. The Morgan fingerprint density at radius 2 is 1.86 bits per heavy atom. The van der Waals surface area contributed by atoms with Crippen molar-refractivity contribution in [3.63, 3.8) is 0 Å². The molecule has 2 N–H and O–H groups in total. The number of aryl methyl sites for hydroxylation is 1. The summed E-state index contributed by atoms with van der Waals surface area (Å²) in [6.07, 6.45) is 3.90.